The van der Waals surface area contributed by atoms with Crippen molar-refractivity contribution in [1.82, 2.24) is 14.6 Å². The molecular weight excluding hydrogens is 286 g/mol. The summed E-state index contributed by atoms with van der Waals surface area (Å²) >= 11 is 0. The van der Waals surface area contributed by atoms with Crippen molar-refractivity contribution >= 4 is 10.0 Å². The van der Waals surface area contributed by atoms with Crippen molar-refractivity contribution < 1.29 is 8.42 Å². The molecule has 0 aromatic carbocycles. The highest BCUT2D eigenvalue weighted by Gasteiger charge is 2.41. The van der Waals surface area contributed by atoms with Gasteiger partial charge >= 0.3 is 0 Å². The Morgan fingerprint density at radius 1 is 1.33 bits per heavy atom. The lowest BCUT2D eigenvalue weighted by Crippen LogP contribution is -2.29. The fourth-order valence-corrected chi connectivity index (χ4v) is 3.83. The summed E-state index contributed by atoms with van der Waals surface area (Å²) in [6.07, 6.45) is 6.04. The SMILES string of the molecule is CCCn1cc(S(=O)(=O)NCC2(CC)CC2)cc1CNC. The Bertz CT molecular complexity index is 550. The number of nitrogens with one attached hydrogen (secondary N) is 2. The highest BCUT2D eigenvalue weighted by Crippen LogP contribution is 2.48. The molecule has 120 valence electrons. The Hall–Kier alpha value is -0.850. The van der Waals surface area contributed by atoms with Gasteiger partial charge in [-0.3, -0.25) is 0 Å². The second-order valence-corrected chi connectivity index (χ2v) is 7.84. The summed E-state index contributed by atoms with van der Waals surface area (Å²) in [4.78, 5) is 0.383. The molecule has 5 nitrogen and oxygen atoms in total. The van der Waals surface area contributed by atoms with Crippen LogP contribution in [0.1, 0.15) is 45.2 Å². The van der Waals surface area contributed by atoms with E-state index in [0.717, 1.165) is 37.9 Å². The molecule has 1 aliphatic carbocycles. The highest BCUT2D eigenvalue weighted by atomic mass is 32.2. The number of hydrogen-bond acceptors (Lipinski definition) is 3. The second kappa shape index (κ2) is 6.50. The second-order valence-electron chi connectivity index (χ2n) is 6.07. The third-order valence-electron chi connectivity index (χ3n) is 4.44. The van der Waals surface area contributed by atoms with E-state index in [4.69, 9.17) is 0 Å². The molecule has 0 atom stereocenters. The van der Waals surface area contributed by atoms with E-state index in [1.165, 1.54) is 0 Å². The van der Waals surface area contributed by atoms with E-state index < -0.39 is 10.0 Å². The van der Waals surface area contributed by atoms with E-state index >= 15 is 0 Å². The monoisotopic (exact) mass is 313 g/mol. The Morgan fingerprint density at radius 3 is 2.57 bits per heavy atom. The Labute approximate surface area is 128 Å². The predicted octanol–water partition coefficient (Wildman–Crippen LogP) is 2.09. The molecule has 6 heteroatoms. The van der Waals surface area contributed by atoms with E-state index in [1.807, 2.05) is 11.6 Å². The molecule has 0 spiro atoms. The van der Waals surface area contributed by atoms with Gasteiger partial charge in [0.15, 0.2) is 0 Å². The zero-order valence-corrected chi connectivity index (χ0v) is 14.1. The average molecular weight is 313 g/mol. The Morgan fingerprint density at radius 2 is 2.05 bits per heavy atom. The van der Waals surface area contributed by atoms with Crippen LogP contribution in [0.25, 0.3) is 0 Å². The molecule has 0 amide bonds. The summed E-state index contributed by atoms with van der Waals surface area (Å²) in [5.41, 5.74) is 1.23. The number of nitrogens with zero attached hydrogens (tertiary/aromatic N) is 1. The first-order valence-electron chi connectivity index (χ1n) is 7.79. The van der Waals surface area contributed by atoms with Gasteiger partial charge in [-0.05, 0) is 44.2 Å². The molecule has 1 heterocycles. The molecular formula is C15H27N3O2S. The van der Waals surface area contributed by atoms with E-state index in [1.54, 1.807) is 12.3 Å². The van der Waals surface area contributed by atoms with Crippen molar-refractivity contribution in [2.45, 2.75) is 57.5 Å². The van der Waals surface area contributed by atoms with Crippen LogP contribution >= 0.6 is 0 Å². The average Bonchev–Trinajstić information content (AvgIpc) is 3.14. The third-order valence-corrected chi connectivity index (χ3v) is 5.81. The van der Waals surface area contributed by atoms with Gasteiger partial charge in [-0.15, -0.1) is 0 Å². The van der Waals surface area contributed by atoms with Crippen molar-refractivity contribution in [1.29, 1.82) is 0 Å². The summed E-state index contributed by atoms with van der Waals surface area (Å²) in [5, 5.41) is 3.09. The van der Waals surface area contributed by atoms with Crippen molar-refractivity contribution in [3.8, 4) is 0 Å². The molecule has 1 aromatic heterocycles. The van der Waals surface area contributed by atoms with Crippen molar-refractivity contribution in [3.05, 3.63) is 18.0 Å². The van der Waals surface area contributed by atoms with Crippen LogP contribution in [0, 0.1) is 5.41 Å². The first-order chi connectivity index (χ1) is 9.96. The van der Waals surface area contributed by atoms with E-state index in [9.17, 15) is 8.42 Å². The van der Waals surface area contributed by atoms with Crippen LogP contribution in [-0.2, 0) is 23.1 Å². The van der Waals surface area contributed by atoms with Gasteiger partial charge < -0.3 is 9.88 Å². The van der Waals surface area contributed by atoms with Gasteiger partial charge in [0.2, 0.25) is 10.0 Å². The van der Waals surface area contributed by atoms with Crippen LogP contribution in [0.3, 0.4) is 0 Å². The zero-order valence-electron chi connectivity index (χ0n) is 13.3. The van der Waals surface area contributed by atoms with Crippen molar-refractivity contribution in [2.75, 3.05) is 13.6 Å². The summed E-state index contributed by atoms with van der Waals surface area (Å²) in [5.74, 6) is 0. The number of hydrogen-bond donors (Lipinski definition) is 2. The fourth-order valence-electron chi connectivity index (χ4n) is 2.61. The fraction of sp³-hybridized carbons (Fsp3) is 0.733. The number of aromatic nitrogens is 1. The lowest BCUT2D eigenvalue weighted by molar-refractivity contribution is 0.475. The molecule has 2 rings (SSSR count). The molecule has 1 saturated carbocycles. The Kier molecular flexibility index (Phi) is 5.11. The first-order valence-corrected chi connectivity index (χ1v) is 9.28. The van der Waals surface area contributed by atoms with Gasteiger partial charge in [0.1, 0.15) is 0 Å². The quantitative estimate of drug-likeness (QED) is 0.734. The van der Waals surface area contributed by atoms with Gasteiger partial charge in [0.05, 0.1) is 4.90 Å². The predicted molar refractivity (Wildman–Crippen MR) is 84.6 cm³/mol. The van der Waals surface area contributed by atoms with Crippen LogP contribution in [0.5, 0.6) is 0 Å². The summed E-state index contributed by atoms with van der Waals surface area (Å²) in [6.45, 7) is 6.30. The minimum atomic E-state index is -3.40. The minimum absolute atomic E-state index is 0.215. The molecule has 1 aromatic rings. The highest BCUT2D eigenvalue weighted by molar-refractivity contribution is 7.89. The molecule has 21 heavy (non-hydrogen) atoms. The van der Waals surface area contributed by atoms with Crippen LogP contribution in [0.15, 0.2) is 17.2 Å². The maximum Gasteiger partial charge on any atom is 0.242 e. The van der Waals surface area contributed by atoms with Crippen LogP contribution in [-0.4, -0.2) is 26.6 Å². The zero-order chi connectivity index (χ0) is 15.5. The molecule has 0 aliphatic heterocycles. The van der Waals surface area contributed by atoms with Crippen LogP contribution < -0.4 is 10.0 Å². The maximum absolute atomic E-state index is 12.5. The molecule has 0 saturated heterocycles. The molecule has 1 fully saturated rings. The van der Waals surface area contributed by atoms with Gasteiger partial charge in [0, 0.05) is 31.5 Å². The minimum Gasteiger partial charge on any atom is -0.349 e. The standard InChI is InChI=1S/C15H27N3O2S/c1-4-8-18-11-14(9-13(18)10-16-3)21(19,20)17-12-15(5-2)6-7-15/h9,11,16-17H,4-8,10,12H2,1-3H3. The van der Waals surface area contributed by atoms with Crippen LogP contribution in [0.2, 0.25) is 0 Å². The van der Waals surface area contributed by atoms with E-state index in [0.29, 0.717) is 18.0 Å². The van der Waals surface area contributed by atoms with Crippen molar-refractivity contribution in [2.24, 2.45) is 5.41 Å². The number of sulfonamides is 1. The molecule has 0 radical (unpaired) electrons. The third kappa shape index (κ3) is 3.87. The lowest BCUT2D eigenvalue weighted by Gasteiger charge is -2.13. The summed E-state index contributed by atoms with van der Waals surface area (Å²) in [7, 11) is -1.53. The summed E-state index contributed by atoms with van der Waals surface area (Å²) < 4.78 is 29.7. The van der Waals surface area contributed by atoms with E-state index in [2.05, 4.69) is 23.9 Å². The topological polar surface area (TPSA) is 63.1 Å². The first kappa shape index (κ1) is 16.5. The lowest BCUT2D eigenvalue weighted by atomic mass is 10.1. The molecule has 2 N–H and O–H groups in total. The van der Waals surface area contributed by atoms with Gasteiger partial charge in [-0.2, -0.15) is 0 Å². The maximum atomic E-state index is 12.5. The van der Waals surface area contributed by atoms with E-state index in [-0.39, 0.29) is 5.41 Å². The Balaban J connectivity index is 2.13. The number of aryl methyl sites for hydroxylation is 1. The normalized spacial score (nSPS) is 17.1. The number of rotatable bonds is 9. The van der Waals surface area contributed by atoms with Gasteiger partial charge in [0.25, 0.3) is 0 Å². The van der Waals surface area contributed by atoms with Crippen LogP contribution in [0.4, 0.5) is 0 Å². The van der Waals surface area contributed by atoms with Gasteiger partial charge in [-0.25, -0.2) is 13.1 Å². The van der Waals surface area contributed by atoms with Crippen molar-refractivity contribution in [3.63, 3.8) is 0 Å². The van der Waals surface area contributed by atoms with Gasteiger partial charge in [-0.1, -0.05) is 13.8 Å². The molecule has 0 unspecified atom stereocenters. The smallest absolute Gasteiger partial charge is 0.242 e. The molecule has 0 bridgehead atoms. The largest absolute Gasteiger partial charge is 0.349 e. The molecule has 1 aliphatic rings. The summed E-state index contributed by atoms with van der Waals surface area (Å²) in [6, 6.07) is 1.78.